The Balaban J connectivity index is 2.02. The molecule has 0 spiro atoms. The smallest absolute Gasteiger partial charge is 0.122 e. The van der Waals surface area contributed by atoms with E-state index in [1.54, 1.807) is 11.3 Å². The first-order chi connectivity index (χ1) is 9.47. The van der Waals surface area contributed by atoms with E-state index < -0.39 is 6.10 Å². The largest absolute Gasteiger partial charge is 0.382 e. The third kappa shape index (κ3) is 2.25. The maximum absolute atomic E-state index is 10.6. The first-order valence-electron chi connectivity index (χ1n) is 6.67. The maximum atomic E-state index is 10.6. The minimum absolute atomic E-state index is 0.0166. The van der Waals surface area contributed by atoms with Crippen molar-refractivity contribution in [1.82, 2.24) is 9.97 Å². The molecule has 0 saturated carbocycles. The molecular formula is C16H18N2OS. The molecule has 0 fully saturated rings. The molecule has 3 nitrogen and oxygen atoms in total. The number of rotatable bonds is 2. The maximum Gasteiger partial charge on any atom is 0.122 e. The molecule has 2 heterocycles. The zero-order chi connectivity index (χ0) is 14.3. The van der Waals surface area contributed by atoms with E-state index in [2.05, 4.69) is 30.7 Å². The highest BCUT2D eigenvalue weighted by molar-refractivity contribution is 7.09. The Kier molecular flexibility index (Phi) is 3.15. The van der Waals surface area contributed by atoms with Crippen LogP contribution in [0.4, 0.5) is 0 Å². The molecule has 2 N–H and O–H groups in total. The number of hydrogen-bond donors (Lipinski definition) is 2. The summed E-state index contributed by atoms with van der Waals surface area (Å²) in [6.07, 6.45) is 1.21. The summed E-state index contributed by atoms with van der Waals surface area (Å²) in [7, 11) is 0. The highest BCUT2D eigenvalue weighted by Crippen LogP contribution is 2.32. The van der Waals surface area contributed by atoms with Crippen LogP contribution in [-0.2, 0) is 5.41 Å². The molecule has 3 rings (SSSR count). The van der Waals surface area contributed by atoms with Crippen molar-refractivity contribution in [2.45, 2.75) is 32.3 Å². The molecule has 0 saturated heterocycles. The second-order valence-corrected chi connectivity index (χ2v) is 6.87. The van der Waals surface area contributed by atoms with Crippen molar-refractivity contribution >= 4 is 22.2 Å². The summed E-state index contributed by atoms with van der Waals surface area (Å²) < 4.78 is 0. The van der Waals surface area contributed by atoms with Gasteiger partial charge in [-0.15, -0.1) is 11.3 Å². The average Bonchev–Trinajstić information content (AvgIpc) is 3.05. The van der Waals surface area contributed by atoms with E-state index >= 15 is 0 Å². The van der Waals surface area contributed by atoms with Gasteiger partial charge in [-0.2, -0.15) is 0 Å². The molecule has 104 valence electrons. The lowest BCUT2D eigenvalue weighted by Gasteiger charge is -2.14. The quantitative estimate of drug-likeness (QED) is 0.748. The lowest BCUT2D eigenvalue weighted by atomic mass is 9.98. The standard InChI is InChI=1S/C16H18N2OS/c1-16(2,3)15-18-13(9-20-15)14(19)11-5-4-6-12-10(11)7-8-17-12/h4-9,14,17,19H,1-3H3. The minimum Gasteiger partial charge on any atom is -0.382 e. The summed E-state index contributed by atoms with van der Waals surface area (Å²) in [6.45, 7) is 6.40. The van der Waals surface area contributed by atoms with Gasteiger partial charge in [0.2, 0.25) is 0 Å². The number of fused-ring (bicyclic) bond motifs is 1. The third-order valence-corrected chi connectivity index (χ3v) is 4.65. The van der Waals surface area contributed by atoms with Crippen LogP contribution in [0.1, 0.15) is 43.1 Å². The van der Waals surface area contributed by atoms with Gasteiger partial charge in [-0.3, -0.25) is 0 Å². The SMILES string of the molecule is CC(C)(C)c1nc(C(O)c2cccc3[nH]ccc23)cs1. The highest BCUT2D eigenvalue weighted by Gasteiger charge is 2.22. The van der Waals surface area contributed by atoms with E-state index in [-0.39, 0.29) is 5.41 Å². The molecule has 0 bridgehead atoms. The van der Waals surface area contributed by atoms with Crippen LogP contribution in [-0.4, -0.2) is 15.1 Å². The van der Waals surface area contributed by atoms with Crippen LogP contribution in [0.25, 0.3) is 10.9 Å². The fourth-order valence-corrected chi connectivity index (χ4v) is 3.19. The van der Waals surface area contributed by atoms with Gasteiger partial charge in [0.15, 0.2) is 0 Å². The Labute approximate surface area is 122 Å². The van der Waals surface area contributed by atoms with Gasteiger partial charge in [-0.25, -0.2) is 4.98 Å². The predicted molar refractivity (Wildman–Crippen MR) is 83.2 cm³/mol. The molecule has 0 aliphatic rings. The van der Waals surface area contributed by atoms with Gasteiger partial charge in [0, 0.05) is 27.9 Å². The number of H-pyrrole nitrogens is 1. The summed E-state index contributed by atoms with van der Waals surface area (Å²) in [5.74, 6) is 0. The summed E-state index contributed by atoms with van der Waals surface area (Å²) in [6, 6.07) is 7.91. The topological polar surface area (TPSA) is 48.9 Å². The van der Waals surface area contributed by atoms with Gasteiger partial charge in [-0.05, 0) is 17.7 Å². The van der Waals surface area contributed by atoms with E-state index in [9.17, 15) is 5.11 Å². The molecule has 1 aromatic carbocycles. The Hall–Kier alpha value is -1.65. The Bertz CT molecular complexity index is 736. The zero-order valence-electron chi connectivity index (χ0n) is 11.8. The van der Waals surface area contributed by atoms with Gasteiger partial charge in [0.05, 0.1) is 10.7 Å². The van der Waals surface area contributed by atoms with Gasteiger partial charge >= 0.3 is 0 Å². The molecule has 3 aromatic rings. The molecule has 0 amide bonds. The molecule has 4 heteroatoms. The van der Waals surface area contributed by atoms with E-state index in [1.807, 2.05) is 35.8 Å². The van der Waals surface area contributed by atoms with E-state index in [0.717, 1.165) is 27.2 Å². The monoisotopic (exact) mass is 286 g/mol. The number of thiazole rings is 1. The van der Waals surface area contributed by atoms with E-state index in [4.69, 9.17) is 0 Å². The fourth-order valence-electron chi connectivity index (χ4n) is 2.26. The lowest BCUT2D eigenvalue weighted by Crippen LogP contribution is -2.11. The van der Waals surface area contributed by atoms with E-state index in [0.29, 0.717) is 0 Å². The number of aliphatic hydroxyl groups is 1. The minimum atomic E-state index is -0.679. The average molecular weight is 286 g/mol. The first-order valence-corrected chi connectivity index (χ1v) is 7.55. The number of benzene rings is 1. The van der Waals surface area contributed by atoms with Gasteiger partial charge in [-0.1, -0.05) is 32.9 Å². The summed E-state index contributed by atoms with van der Waals surface area (Å²) in [4.78, 5) is 7.77. The van der Waals surface area contributed by atoms with Crippen molar-refractivity contribution in [2.24, 2.45) is 0 Å². The molecular weight excluding hydrogens is 268 g/mol. The van der Waals surface area contributed by atoms with Crippen LogP contribution in [0.15, 0.2) is 35.8 Å². The van der Waals surface area contributed by atoms with Crippen molar-refractivity contribution in [3.8, 4) is 0 Å². The van der Waals surface area contributed by atoms with Crippen LogP contribution in [0.2, 0.25) is 0 Å². The molecule has 1 unspecified atom stereocenters. The number of aliphatic hydroxyl groups excluding tert-OH is 1. The van der Waals surface area contributed by atoms with Crippen molar-refractivity contribution in [3.05, 3.63) is 52.1 Å². The van der Waals surface area contributed by atoms with Crippen LogP contribution < -0.4 is 0 Å². The summed E-state index contributed by atoms with van der Waals surface area (Å²) in [5.41, 5.74) is 2.68. The number of hydrogen-bond acceptors (Lipinski definition) is 3. The number of aromatic amines is 1. The predicted octanol–water partition coefficient (Wildman–Crippen LogP) is 4.00. The molecule has 1 atom stereocenters. The third-order valence-electron chi connectivity index (χ3n) is 3.37. The summed E-state index contributed by atoms with van der Waals surface area (Å²) in [5, 5.41) is 14.7. The number of nitrogens with one attached hydrogen (secondary N) is 1. The Morgan fingerprint density at radius 1 is 1.25 bits per heavy atom. The fraction of sp³-hybridized carbons (Fsp3) is 0.312. The van der Waals surface area contributed by atoms with Crippen molar-refractivity contribution < 1.29 is 5.11 Å². The van der Waals surface area contributed by atoms with Crippen molar-refractivity contribution in [2.75, 3.05) is 0 Å². The molecule has 2 aromatic heterocycles. The van der Waals surface area contributed by atoms with Gasteiger partial charge in [0.1, 0.15) is 6.10 Å². The van der Waals surface area contributed by atoms with Crippen LogP contribution in [0.3, 0.4) is 0 Å². The second-order valence-electron chi connectivity index (χ2n) is 6.02. The van der Waals surface area contributed by atoms with Gasteiger partial charge < -0.3 is 10.1 Å². The van der Waals surface area contributed by atoms with Crippen molar-refractivity contribution in [3.63, 3.8) is 0 Å². The van der Waals surface area contributed by atoms with Crippen molar-refractivity contribution in [1.29, 1.82) is 0 Å². The van der Waals surface area contributed by atoms with Gasteiger partial charge in [0.25, 0.3) is 0 Å². The summed E-state index contributed by atoms with van der Waals surface area (Å²) >= 11 is 1.61. The first kappa shape index (κ1) is 13.3. The molecule has 0 aliphatic carbocycles. The number of nitrogens with zero attached hydrogens (tertiary/aromatic N) is 1. The van der Waals surface area contributed by atoms with Crippen LogP contribution >= 0.6 is 11.3 Å². The molecule has 0 aliphatic heterocycles. The second kappa shape index (κ2) is 4.72. The van der Waals surface area contributed by atoms with Crippen LogP contribution in [0.5, 0.6) is 0 Å². The normalized spacial score (nSPS) is 13.8. The Morgan fingerprint density at radius 3 is 2.75 bits per heavy atom. The molecule has 20 heavy (non-hydrogen) atoms. The lowest BCUT2D eigenvalue weighted by molar-refractivity contribution is 0.217. The van der Waals surface area contributed by atoms with Crippen LogP contribution in [0, 0.1) is 0 Å². The Morgan fingerprint density at radius 2 is 2.05 bits per heavy atom. The molecule has 0 radical (unpaired) electrons. The number of aromatic nitrogens is 2. The van der Waals surface area contributed by atoms with E-state index in [1.165, 1.54) is 0 Å². The zero-order valence-corrected chi connectivity index (χ0v) is 12.7. The highest BCUT2D eigenvalue weighted by atomic mass is 32.1.